The Bertz CT molecular complexity index is 507. The van der Waals surface area contributed by atoms with E-state index in [0.717, 1.165) is 12.8 Å². The van der Waals surface area contributed by atoms with Gasteiger partial charge >= 0.3 is 0 Å². The molecule has 2 rings (SSSR count). The summed E-state index contributed by atoms with van der Waals surface area (Å²) in [6.45, 7) is 1.89. The van der Waals surface area contributed by atoms with Gasteiger partial charge in [-0.05, 0) is 31.9 Å². The highest BCUT2D eigenvalue weighted by atomic mass is 16.2. The maximum Gasteiger partial charge on any atom is 0.251 e. The van der Waals surface area contributed by atoms with Crippen LogP contribution in [0.15, 0.2) is 30.3 Å². The van der Waals surface area contributed by atoms with Crippen LogP contribution in [0.25, 0.3) is 0 Å². The Morgan fingerprint density at radius 2 is 1.74 bits per heavy atom. The average molecular weight is 316 g/mol. The molecule has 1 aromatic rings. The molecule has 0 aromatic heterocycles. The minimum atomic E-state index is -0.163. The molecule has 1 atom stereocenters. The molecule has 23 heavy (non-hydrogen) atoms. The summed E-state index contributed by atoms with van der Waals surface area (Å²) < 4.78 is 0. The molecule has 0 saturated heterocycles. The first-order valence-electron chi connectivity index (χ1n) is 8.69. The maximum atomic E-state index is 12.5. The maximum absolute atomic E-state index is 12.5. The fourth-order valence-corrected chi connectivity index (χ4v) is 3.20. The molecule has 0 aliphatic heterocycles. The van der Waals surface area contributed by atoms with E-state index < -0.39 is 0 Å². The van der Waals surface area contributed by atoms with Crippen molar-refractivity contribution in [3.05, 3.63) is 35.9 Å². The third-order valence-electron chi connectivity index (χ3n) is 4.66. The van der Waals surface area contributed by atoms with Crippen molar-refractivity contribution in [3.8, 4) is 0 Å². The van der Waals surface area contributed by atoms with Crippen molar-refractivity contribution < 1.29 is 9.59 Å². The van der Waals surface area contributed by atoms with Gasteiger partial charge in [-0.15, -0.1) is 0 Å². The number of rotatable bonds is 5. The molecule has 1 saturated carbocycles. The van der Waals surface area contributed by atoms with Crippen LogP contribution in [0.4, 0.5) is 0 Å². The average Bonchev–Trinajstić information content (AvgIpc) is 2.84. The fourth-order valence-electron chi connectivity index (χ4n) is 3.20. The van der Waals surface area contributed by atoms with Crippen molar-refractivity contribution in [2.24, 2.45) is 0 Å². The zero-order chi connectivity index (χ0) is 16.7. The molecule has 1 N–H and O–H groups in total. The van der Waals surface area contributed by atoms with E-state index in [2.05, 4.69) is 5.32 Å². The van der Waals surface area contributed by atoms with Gasteiger partial charge < -0.3 is 10.2 Å². The second-order valence-corrected chi connectivity index (χ2v) is 6.59. The van der Waals surface area contributed by atoms with Gasteiger partial charge in [0, 0.05) is 31.1 Å². The molecule has 1 fully saturated rings. The number of carbonyl (C=O) groups excluding carboxylic acids is 2. The molecule has 0 radical (unpaired) electrons. The van der Waals surface area contributed by atoms with E-state index in [4.69, 9.17) is 0 Å². The summed E-state index contributed by atoms with van der Waals surface area (Å²) in [5, 5.41) is 2.91. The van der Waals surface area contributed by atoms with Gasteiger partial charge in [0.1, 0.15) is 0 Å². The second-order valence-electron chi connectivity index (χ2n) is 6.59. The highest BCUT2D eigenvalue weighted by molar-refractivity contribution is 5.94. The van der Waals surface area contributed by atoms with Gasteiger partial charge in [-0.3, -0.25) is 9.59 Å². The second kappa shape index (κ2) is 8.70. The van der Waals surface area contributed by atoms with Crippen molar-refractivity contribution >= 4 is 11.8 Å². The van der Waals surface area contributed by atoms with Crippen LogP contribution in [-0.2, 0) is 4.79 Å². The van der Waals surface area contributed by atoms with Gasteiger partial charge in [-0.25, -0.2) is 0 Å². The van der Waals surface area contributed by atoms with E-state index >= 15 is 0 Å². The lowest BCUT2D eigenvalue weighted by Gasteiger charge is -2.28. The predicted octanol–water partition coefficient (Wildman–Crippen LogP) is 3.38. The Hall–Kier alpha value is -1.84. The van der Waals surface area contributed by atoms with Crippen molar-refractivity contribution in [2.45, 2.75) is 64.0 Å². The van der Waals surface area contributed by atoms with Crippen LogP contribution >= 0.6 is 0 Å². The SMILES string of the molecule is CC(CC(=O)N(C)C1CCCCCC1)NC(=O)c1ccccc1. The first-order chi connectivity index (χ1) is 11.1. The quantitative estimate of drug-likeness (QED) is 0.847. The number of nitrogens with one attached hydrogen (secondary N) is 1. The molecule has 1 aliphatic rings. The minimum absolute atomic E-state index is 0.122. The topological polar surface area (TPSA) is 49.4 Å². The van der Waals surface area contributed by atoms with E-state index in [9.17, 15) is 9.59 Å². The predicted molar refractivity (Wildman–Crippen MR) is 92.2 cm³/mol. The van der Waals surface area contributed by atoms with Crippen LogP contribution in [-0.4, -0.2) is 35.8 Å². The lowest BCUT2D eigenvalue weighted by molar-refractivity contribution is -0.132. The summed E-state index contributed by atoms with van der Waals surface area (Å²) in [4.78, 5) is 26.5. The number of hydrogen-bond acceptors (Lipinski definition) is 2. The van der Waals surface area contributed by atoms with Gasteiger partial charge in [-0.1, -0.05) is 43.9 Å². The van der Waals surface area contributed by atoms with Crippen LogP contribution in [0.5, 0.6) is 0 Å². The minimum Gasteiger partial charge on any atom is -0.349 e. The Kier molecular flexibility index (Phi) is 6.63. The van der Waals surface area contributed by atoms with Gasteiger partial charge in [-0.2, -0.15) is 0 Å². The van der Waals surface area contributed by atoms with E-state index in [1.165, 1.54) is 25.7 Å². The molecular weight excluding hydrogens is 288 g/mol. The van der Waals surface area contributed by atoms with E-state index in [0.29, 0.717) is 18.0 Å². The first kappa shape index (κ1) is 17.5. The Morgan fingerprint density at radius 3 is 2.35 bits per heavy atom. The summed E-state index contributed by atoms with van der Waals surface area (Å²) in [5.74, 6) is 0.000723. The zero-order valence-electron chi connectivity index (χ0n) is 14.3. The van der Waals surface area contributed by atoms with Crippen LogP contribution in [0.1, 0.15) is 62.2 Å². The number of benzene rings is 1. The van der Waals surface area contributed by atoms with Gasteiger partial charge in [0.05, 0.1) is 0 Å². The molecule has 1 unspecified atom stereocenters. The van der Waals surface area contributed by atoms with Crippen LogP contribution in [0.2, 0.25) is 0 Å². The van der Waals surface area contributed by atoms with Crippen molar-refractivity contribution in [1.82, 2.24) is 10.2 Å². The largest absolute Gasteiger partial charge is 0.349 e. The van der Waals surface area contributed by atoms with E-state index in [1.54, 1.807) is 12.1 Å². The van der Waals surface area contributed by atoms with E-state index in [-0.39, 0.29) is 17.9 Å². The van der Waals surface area contributed by atoms with Crippen LogP contribution in [0.3, 0.4) is 0 Å². The third kappa shape index (κ3) is 5.38. The Labute approximate surface area is 139 Å². The molecular formula is C19H28N2O2. The van der Waals surface area contributed by atoms with Crippen molar-refractivity contribution in [1.29, 1.82) is 0 Å². The molecule has 0 bridgehead atoms. The monoisotopic (exact) mass is 316 g/mol. The van der Waals surface area contributed by atoms with Gasteiger partial charge in [0.15, 0.2) is 0 Å². The normalized spacial score (nSPS) is 17.1. The molecule has 0 spiro atoms. The Balaban J connectivity index is 1.82. The summed E-state index contributed by atoms with van der Waals surface area (Å²) in [6, 6.07) is 9.31. The van der Waals surface area contributed by atoms with Crippen LogP contribution in [0, 0.1) is 0 Å². The number of amides is 2. The first-order valence-corrected chi connectivity index (χ1v) is 8.69. The number of carbonyl (C=O) groups is 2. The van der Waals surface area contributed by atoms with Crippen molar-refractivity contribution in [3.63, 3.8) is 0 Å². The lowest BCUT2D eigenvalue weighted by Crippen LogP contribution is -2.41. The molecule has 4 nitrogen and oxygen atoms in total. The number of nitrogens with zero attached hydrogens (tertiary/aromatic N) is 1. The number of hydrogen-bond donors (Lipinski definition) is 1. The molecule has 4 heteroatoms. The summed E-state index contributed by atoms with van der Waals surface area (Å²) in [6.07, 6.45) is 7.54. The highest BCUT2D eigenvalue weighted by Crippen LogP contribution is 2.21. The fraction of sp³-hybridized carbons (Fsp3) is 0.579. The third-order valence-corrected chi connectivity index (χ3v) is 4.66. The summed E-state index contributed by atoms with van der Waals surface area (Å²) >= 11 is 0. The lowest BCUT2D eigenvalue weighted by atomic mass is 10.1. The molecule has 2 amide bonds. The van der Waals surface area contributed by atoms with E-state index in [1.807, 2.05) is 37.1 Å². The summed E-state index contributed by atoms with van der Waals surface area (Å²) in [5.41, 5.74) is 0.629. The highest BCUT2D eigenvalue weighted by Gasteiger charge is 2.23. The molecule has 1 aliphatic carbocycles. The standard InChI is InChI=1S/C19H28N2O2/c1-15(20-19(23)16-10-6-5-7-11-16)14-18(22)21(2)17-12-8-3-4-9-13-17/h5-7,10-11,15,17H,3-4,8-9,12-14H2,1-2H3,(H,20,23). The smallest absolute Gasteiger partial charge is 0.251 e. The van der Waals surface area contributed by atoms with Crippen molar-refractivity contribution in [2.75, 3.05) is 7.05 Å². The van der Waals surface area contributed by atoms with Crippen LogP contribution < -0.4 is 5.32 Å². The zero-order valence-corrected chi connectivity index (χ0v) is 14.3. The Morgan fingerprint density at radius 1 is 1.13 bits per heavy atom. The molecule has 126 valence electrons. The van der Waals surface area contributed by atoms with Gasteiger partial charge in [0.25, 0.3) is 5.91 Å². The molecule has 0 heterocycles. The van der Waals surface area contributed by atoms with Gasteiger partial charge in [0.2, 0.25) is 5.91 Å². The molecule has 1 aromatic carbocycles. The summed E-state index contributed by atoms with van der Waals surface area (Å²) in [7, 11) is 1.91.